The van der Waals surface area contributed by atoms with Gasteiger partial charge in [0.05, 0.1) is 16.7 Å². The summed E-state index contributed by atoms with van der Waals surface area (Å²) < 4.78 is 6.15. The van der Waals surface area contributed by atoms with E-state index in [1.165, 1.54) is 0 Å². The maximum atomic E-state index is 9.85. The fraction of sp³-hybridized carbons (Fsp3) is 0.0385. The fourth-order valence-corrected chi connectivity index (χ4v) is 3.82. The van der Waals surface area contributed by atoms with Gasteiger partial charge in [-0.05, 0) is 40.6 Å². The number of nitrogens with zero attached hydrogens (tertiary/aromatic N) is 1. The molecule has 4 rings (SSSR count). The minimum Gasteiger partial charge on any atom is -0.488 e. The van der Waals surface area contributed by atoms with Crippen LogP contribution in [0.1, 0.15) is 16.7 Å². The topological polar surface area (TPSA) is 33.0 Å². The highest BCUT2D eigenvalue weighted by Crippen LogP contribution is 2.34. The average Bonchev–Trinajstić information content (AvgIpc) is 2.77. The molecule has 0 radical (unpaired) electrons. The second kappa shape index (κ2) is 9.05. The van der Waals surface area contributed by atoms with E-state index in [-0.39, 0.29) is 0 Å². The lowest BCUT2D eigenvalue weighted by atomic mass is 9.98. The standard InChI is InChI=1S/C26H17Cl2NO/c27-21-11-12-23(25(28)15-21)20(16-29)14-24-22-9-5-4-8-19(22)10-13-26(24)30-17-18-6-2-1-3-7-18/h1-15H,17H2/b20-14+. The van der Waals surface area contributed by atoms with Crippen LogP contribution < -0.4 is 4.74 Å². The number of fused-ring (bicyclic) bond motifs is 1. The zero-order chi connectivity index (χ0) is 20.9. The zero-order valence-corrected chi connectivity index (χ0v) is 17.5. The molecule has 146 valence electrons. The highest BCUT2D eigenvalue weighted by molar-refractivity contribution is 6.36. The van der Waals surface area contributed by atoms with Crippen LogP contribution in [-0.4, -0.2) is 0 Å². The molecule has 4 aromatic carbocycles. The first-order valence-corrected chi connectivity index (χ1v) is 10.2. The zero-order valence-electron chi connectivity index (χ0n) is 16.0. The van der Waals surface area contributed by atoms with Crippen molar-refractivity contribution in [3.05, 3.63) is 112 Å². The molecule has 0 fully saturated rings. The Balaban J connectivity index is 1.82. The number of rotatable bonds is 5. The number of hydrogen-bond donors (Lipinski definition) is 0. The summed E-state index contributed by atoms with van der Waals surface area (Å²) >= 11 is 12.4. The van der Waals surface area contributed by atoms with Gasteiger partial charge in [0.2, 0.25) is 0 Å². The van der Waals surface area contributed by atoms with E-state index in [9.17, 15) is 5.26 Å². The van der Waals surface area contributed by atoms with Crippen molar-refractivity contribution in [1.29, 1.82) is 5.26 Å². The Bertz CT molecular complexity index is 1270. The van der Waals surface area contributed by atoms with E-state index in [4.69, 9.17) is 27.9 Å². The molecular formula is C26H17Cl2NO. The molecule has 0 aliphatic heterocycles. The summed E-state index contributed by atoms with van der Waals surface area (Å²) in [5, 5.41) is 12.9. The predicted octanol–water partition coefficient (Wildman–Crippen LogP) is 7.79. The Morgan fingerprint density at radius 1 is 0.900 bits per heavy atom. The first kappa shape index (κ1) is 20.0. The highest BCUT2D eigenvalue weighted by Gasteiger charge is 2.12. The quantitative estimate of drug-likeness (QED) is 0.239. The smallest absolute Gasteiger partial charge is 0.127 e. The second-order valence-electron chi connectivity index (χ2n) is 6.77. The van der Waals surface area contributed by atoms with E-state index in [0.717, 1.165) is 21.9 Å². The lowest BCUT2D eigenvalue weighted by Gasteiger charge is -2.13. The van der Waals surface area contributed by atoms with Crippen molar-refractivity contribution in [1.82, 2.24) is 0 Å². The van der Waals surface area contributed by atoms with Gasteiger partial charge in [0.15, 0.2) is 0 Å². The maximum absolute atomic E-state index is 9.85. The summed E-state index contributed by atoms with van der Waals surface area (Å²) in [6, 6.07) is 29.4. The number of ether oxygens (including phenoxy) is 1. The van der Waals surface area contributed by atoms with Crippen molar-refractivity contribution in [3.8, 4) is 11.8 Å². The van der Waals surface area contributed by atoms with Crippen molar-refractivity contribution in [2.45, 2.75) is 6.61 Å². The van der Waals surface area contributed by atoms with Gasteiger partial charge in [-0.15, -0.1) is 0 Å². The van der Waals surface area contributed by atoms with Crippen LogP contribution in [0.15, 0.2) is 84.9 Å². The SMILES string of the molecule is N#C/C(=C\c1c(OCc2ccccc2)ccc2ccccc12)c1ccc(Cl)cc1Cl. The van der Waals surface area contributed by atoms with Crippen LogP contribution in [0, 0.1) is 11.3 Å². The largest absolute Gasteiger partial charge is 0.488 e. The number of allylic oxidation sites excluding steroid dienone is 1. The molecule has 0 bridgehead atoms. The van der Waals surface area contributed by atoms with Crippen molar-refractivity contribution < 1.29 is 4.74 Å². The van der Waals surface area contributed by atoms with Crippen LogP contribution in [0.25, 0.3) is 22.4 Å². The summed E-state index contributed by atoms with van der Waals surface area (Å²) in [5.74, 6) is 0.704. The Labute approximate surface area is 185 Å². The molecule has 0 saturated heterocycles. The maximum Gasteiger partial charge on any atom is 0.127 e. The lowest BCUT2D eigenvalue weighted by Crippen LogP contribution is -1.97. The molecule has 0 unspecified atom stereocenters. The first-order chi connectivity index (χ1) is 14.7. The molecule has 4 aromatic rings. The van der Waals surface area contributed by atoms with Crippen LogP contribution in [0.3, 0.4) is 0 Å². The average molecular weight is 430 g/mol. The fourth-order valence-electron chi connectivity index (χ4n) is 3.31. The van der Waals surface area contributed by atoms with Crippen LogP contribution in [0.5, 0.6) is 5.75 Å². The van der Waals surface area contributed by atoms with Crippen LogP contribution >= 0.6 is 23.2 Å². The predicted molar refractivity (Wildman–Crippen MR) is 125 cm³/mol. The van der Waals surface area contributed by atoms with Crippen LogP contribution in [0.4, 0.5) is 0 Å². The third-order valence-corrected chi connectivity index (χ3v) is 5.35. The van der Waals surface area contributed by atoms with E-state index in [1.54, 1.807) is 18.2 Å². The highest BCUT2D eigenvalue weighted by atomic mass is 35.5. The number of benzene rings is 4. The van der Waals surface area contributed by atoms with Gasteiger partial charge in [0.1, 0.15) is 12.4 Å². The number of halogens is 2. The molecular weight excluding hydrogens is 413 g/mol. The van der Waals surface area contributed by atoms with E-state index in [1.807, 2.05) is 72.8 Å². The van der Waals surface area contributed by atoms with Gasteiger partial charge in [0.25, 0.3) is 0 Å². The second-order valence-corrected chi connectivity index (χ2v) is 7.61. The van der Waals surface area contributed by atoms with E-state index in [0.29, 0.717) is 33.5 Å². The molecule has 2 nitrogen and oxygen atoms in total. The molecule has 0 aliphatic rings. The monoisotopic (exact) mass is 429 g/mol. The Kier molecular flexibility index (Phi) is 6.05. The molecule has 0 aromatic heterocycles. The molecule has 0 saturated carbocycles. The third kappa shape index (κ3) is 4.33. The summed E-state index contributed by atoms with van der Waals surface area (Å²) in [4.78, 5) is 0. The van der Waals surface area contributed by atoms with Gasteiger partial charge < -0.3 is 4.74 Å². The molecule has 0 aliphatic carbocycles. The van der Waals surface area contributed by atoms with Crippen LogP contribution in [-0.2, 0) is 6.61 Å². The first-order valence-electron chi connectivity index (χ1n) is 9.41. The third-order valence-electron chi connectivity index (χ3n) is 4.80. The molecule has 0 atom stereocenters. The Hall–Kier alpha value is -3.25. The van der Waals surface area contributed by atoms with Crippen LogP contribution in [0.2, 0.25) is 10.0 Å². The molecule has 0 amide bonds. The summed E-state index contributed by atoms with van der Waals surface area (Å²) in [6.45, 7) is 0.434. The number of nitriles is 1. The van der Waals surface area contributed by atoms with Gasteiger partial charge in [-0.2, -0.15) is 5.26 Å². The van der Waals surface area contributed by atoms with E-state index in [2.05, 4.69) is 6.07 Å². The van der Waals surface area contributed by atoms with Crippen molar-refractivity contribution in [2.75, 3.05) is 0 Å². The minimum atomic E-state index is 0.433. The Morgan fingerprint density at radius 2 is 1.67 bits per heavy atom. The van der Waals surface area contributed by atoms with E-state index < -0.39 is 0 Å². The normalized spacial score (nSPS) is 11.3. The van der Waals surface area contributed by atoms with Gasteiger partial charge in [-0.25, -0.2) is 0 Å². The molecule has 0 heterocycles. The summed E-state index contributed by atoms with van der Waals surface area (Å²) in [6.07, 6.45) is 1.83. The molecule has 0 N–H and O–H groups in total. The minimum absolute atomic E-state index is 0.433. The van der Waals surface area contributed by atoms with Gasteiger partial charge in [-0.1, -0.05) is 89.9 Å². The lowest BCUT2D eigenvalue weighted by molar-refractivity contribution is 0.306. The van der Waals surface area contributed by atoms with Crippen molar-refractivity contribution in [2.24, 2.45) is 0 Å². The molecule has 0 spiro atoms. The van der Waals surface area contributed by atoms with Crippen molar-refractivity contribution in [3.63, 3.8) is 0 Å². The van der Waals surface area contributed by atoms with Crippen molar-refractivity contribution >= 4 is 45.6 Å². The Morgan fingerprint density at radius 3 is 2.43 bits per heavy atom. The number of hydrogen-bond acceptors (Lipinski definition) is 2. The summed E-state index contributed by atoms with van der Waals surface area (Å²) in [5.41, 5.74) is 2.98. The van der Waals surface area contributed by atoms with Gasteiger partial charge in [-0.3, -0.25) is 0 Å². The summed E-state index contributed by atoms with van der Waals surface area (Å²) in [7, 11) is 0. The van der Waals surface area contributed by atoms with E-state index >= 15 is 0 Å². The van der Waals surface area contributed by atoms with Gasteiger partial charge >= 0.3 is 0 Å². The molecule has 30 heavy (non-hydrogen) atoms. The van der Waals surface area contributed by atoms with Gasteiger partial charge in [0, 0.05) is 16.1 Å². The molecule has 4 heteroatoms.